The lowest BCUT2D eigenvalue weighted by molar-refractivity contribution is -0.151. The van der Waals surface area contributed by atoms with E-state index < -0.39 is 6.04 Å². The van der Waals surface area contributed by atoms with Crippen LogP contribution >= 0.6 is 11.6 Å². The first-order chi connectivity index (χ1) is 12.0. The fourth-order valence-corrected chi connectivity index (χ4v) is 3.13. The summed E-state index contributed by atoms with van der Waals surface area (Å²) < 4.78 is 10.4. The number of carbonyl (C=O) groups excluding carboxylic acids is 2. The number of hydrogen-bond donors (Lipinski definition) is 1. The van der Waals surface area contributed by atoms with Gasteiger partial charge in [-0.05, 0) is 44.9 Å². The number of amides is 1. The van der Waals surface area contributed by atoms with Crippen molar-refractivity contribution in [3.63, 3.8) is 0 Å². The van der Waals surface area contributed by atoms with Gasteiger partial charge in [0.1, 0.15) is 11.8 Å². The molecule has 138 valence electrons. The normalized spacial score (nSPS) is 16.2. The van der Waals surface area contributed by atoms with Crippen molar-refractivity contribution in [3.8, 4) is 5.75 Å². The molecule has 1 amide bonds. The molecule has 2 rings (SSSR count). The maximum absolute atomic E-state index is 12.7. The zero-order valence-corrected chi connectivity index (χ0v) is 15.6. The first-order valence-corrected chi connectivity index (χ1v) is 8.89. The Morgan fingerprint density at radius 1 is 1.36 bits per heavy atom. The molecule has 0 spiro atoms. The van der Waals surface area contributed by atoms with Crippen molar-refractivity contribution < 1.29 is 19.1 Å². The number of piperidine rings is 1. The Balaban J connectivity index is 1.93. The highest BCUT2D eigenvalue weighted by Gasteiger charge is 2.30. The van der Waals surface area contributed by atoms with E-state index in [2.05, 4.69) is 5.32 Å². The predicted octanol–water partition coefficient (Wildman–Crippen LogP) is 2.95. The third-order valence-corrected chi connectivity index (χ3v) is 4.57. The SMILES string of the molecule is CCOC(=O)C1CCN(C(=O)C(C)Nc2cc(Cl)ccc2OC)CC1. The highest BCUT2D eigenvalue weighted by Crippen LogP contribution is 2.28. The third-order valence-electron chi connectivity index (χ3n) is 4.33. The highest BCUT2D eigenvalue weighted by atomic mass is 35.5. The molecule has 0 aliphatic carbocycles. The zero-order valence-electron chi connectivity index (χ0n) is 14.9. The van der Waals surface area contributed by atoms with Crippen molar-refractivity contribution in [3.05, 3.63) is 23.2 Å². The van der Waals surface area contributed by atoms with E-state index in [9.17, 15) is 9.59 Å². The van der Waals surface area contributed by atoms with Crippen molar-refractivity contribution >= 4 is 29.2 Å². The molecular weight excluding hydrogens is 344 g/mol. The fourth-order valence-electron chi connectivity index (χ4n) is 2.96. The summed E-state index contributed by atoms with van der Waals surface area (Å²) in [6, 6.07) is 4.80. The van der Waals surface area contributed by atoms with Gasteiger partial charge >= 0.3 is 5.97 Å². The summed E-state index contributed by atoms with van der Waals surface area (Å²) in [7, 11) is 1.57. The summed E-state index contributed by atoms with van der Waals surface area (Å²) in [6.45, 7) is 5.11. The van der Waals surface area contributed by atoms with E-state index in [-0.39, 0.29) is 17.8 Å². The quantitative estimate of drug-likeness (QED) is 0.782. The van der Waals surface area contributed by atoms with E-state index in [1.54, 1.807) is 44.1 Å². The predicted molar refractivity (Wildman–Crippen MR) is 97.0 cm³/mol. The summed E-state index contributed by atoms with van der Waals surface area (Å²) in [5, 5.41) is 3.73. The summed E-state index contributed by atoms with van der Waals surface area (Å²) in [6.07, 6.45) is 1.27. The number of carbonyl (C=O) groups is 2. The number of hydrogen-bond acceptors (Lipinski definition) is 5. The smallest absolute Gasteiger partial charge is 0.309 e. The van der Waals surface area contributed by atoms with Crippen LogP contribution in [0.2, 0.25) is 5.02 Å². The Hall–Kier alpha value is -1.95. The van der Waals surface area contributed by atoms with Crippen LogP contribution in [0.1, 0.15) is 26.7 Å². The fraction of sp³-hybridized carbons (Fsp3) is 0.556. The van der Waals surface area contributed by atoms with Gasteiger partial charge in [-0.1, -0.05) is 11.6 Å². The number of esters is 1. The van der Waals surface area contributed by atoms with Crippen LogP contribution in [0.25, 0.3) is 0 Å². The largest absolute Gasteiger partial charge is 0.495 e. The minimum atomic E-state index is -0.425. The lowest BCUT2D eigenvalue weighted by Gasteiger charge is -2.33. The van der Waals surface area contributed by atoms with Crippen molar-refractivity contribution in [1.82, 2.24) is 4.90 Å². The summed E-state index contributed by atoms with van der Waals surface area (Å²) in [5.74, 6) is 0.346. The van der Waals surface area contributed by atoms with Crippen LogP contribution in [-0.4, -0.2) is 49.6 Å². The third kappa shape index (κ3) is 5.01. The van der Waals surface area contributed by atoms with E-state index >= 15 is 0 Å². The Morgan fingerprint density at radius 3 is 2.64 bits per heavy atom. The summed E-state index contributed by atoms with van der Waals surface area (Å²) in [5.41, 5.74) is 0.678. The van der Waals surface area contributed by atoms with Crippen LogP contribution < -0.4 is 10.1 Å². The van der Waals surface area contributed by atoms with Gasteiger partial charge in [0.15, 0.2) is 0 Å². The van der Waals surface area contributed by atoms with Crippen LogP contribution in [0.4, 0.5) is 5.69 Å². The van der Waals surface area contributed by atoms with Gasteiger partial charge in [-0.15, -0.1) is 0 Å². The lowest BCUT2D eigenvalue weighted by atomic mass is 9.96. The number of nitrogens with one attached hydrogen (secondary N) is 1. The Kier molecular flexibility index (Phi) is 6.93. The molecular formula is C18H25ClN2O4. The number of nitrogens with zero attached hydrogens (tertiary/aromatic N) is 1. The molecule has 6 nitrogen and oxygen atoms in total. The van der Waals surface area contributed by atoms with Crippen molar-refractivity contribution in [2.75, 3.05) is 32.1 Å². The van der Waals surface area contributed by atoms with Gasteiger partial charge in [0, 0.05) is 18.1 Å². The number of methoxy groups -OCH3 is 1. The maximum atomic E-state index is 12.7. The topological polar surface area (TPSA) is 67.9 Å². The Labute approximate surface area is 153 Å². The molecule has 1 unspecified atom stereocenters. The van der Waals surface area contributed by atoms with E-state index in [1.807, 2.05) is 0 Å². The number of likely N-dealkylation sites (tertiary alicyclic amines) is 1. The van der Waals surface area contributed by atoms with Gasteiger partial charge in [-0.3, -0.25) is 9.59 Å². The molecule has 1 saturated heterocycles. The maximum Gasteiger partial charge on any atom is 0.309 e. The summed E-state index contributed by atoms with van der Waals surface area (Å²) >= 11 is 6.02. The lowest BCUT2D eigenvalue weighted by Crippen LogP contribution is -2.46. The molecule has 7 heteroatoms. The second-order valence-corrected chi connectivity index (χ2v) is 6.50. The number of ether oxygens (including phenoxy) is 2. The van der Waals surface area contributed by atoms with Gasteiger partial charge in [-0.25, -0.2) is 0 Å². The number of benzene rings is 1. The molecule has 0 saturated carbocycles. The molecule has 0 radical (unpaired) electrons. The molecule has 1 aliphatic rings. The average Bonchev–Trinajstić information content (AvgIpc) is 2.61. The molecule has 0 bridgehead atoms. The van der Waals surface area contributed by atoms with Crippen LogP contribution in [-0.2, 0) is 14.3 Å². The zero-order chi connectivity index (χ0) is 18.4. The van der Waals surface area contributed by atoms with Crippen LogP contribution in [0.5, 0.6) is 5.75 Å². The number of anilines is 1. The van der Waals surface area contributed by atoms with Crippen LogP contribution in [0.3, 0.4) is 0 Å². The molecule has 1 fully saturated rings. The van der Waals surface area contributed by atoms with Crippen molar-refractivity contribution in [1.29, 1.82) is 0 Å². The minimum absolute atomic E-state index is 0.00987. The highest BCUT2D eigenvalue weighted by molar-refractivity contribution is 6.30. The van der Waals surface area contributed by atoms with Gasteiger partial charge in [0.05, 0.1) is 25.3 Å². The monoisotopic (exact) mass is 368 g/mol. The van der Waals surface area contributed by atoms with Gasteiger partial charge < -0.3 is 19.7 Å². The van der Waals surface area contributed by atoms with E-state index in [0.29, 0.717) is 49.0 Å². The average molecular weight is 369 g/mol. The van der Waals surface area contributed by atoms with E-state index in [0.717, 1.165) is 0 Å². The van der Waals surface area contributed by atoms with Gasteiger partial charge in [0.25, 0.3) is 0 Å². The molecule has 1 N–H and O–H groups in total. The Morgan fingerprint density at radius 2 is 2.04 bits per heavy atom. The molecule has 1 heterocycles. The van der Waals surface area contributed by atoms with Gasteiger partial charge in [-0.2, -0.15) is 0 Å². The van der Waals surface area contributed by atoms with Gasteiger partial charge in [0.2, 0.25) is 5.91 Å². The Bertz CT molecular complexity index is 615. The van der Waals surface area contributed by atoms with Crippen molar-refractivity contribution in [2.45, 2.75) is 32.7 Å². The molecule has 1 aromatic carbocycles. The van der Waals surface area contributed by atoms with E-state index in [1.165, 1.54) is 0 Å². The minimum Gasteiger partial charge on any atom is -0.495 e. The second-order valence-electron chi connectivity index (χ2n) is 6.06. The second kappa shape index (κ2) is 8.94. The molecule has 1 aliphatic heterocycles. The van der Waals surface area contributed by atoms with Crippen LogP contribution in [0, 0.1) is 5.92 Å². The standard InChI is InChI=1S/C18H25ClN2O4/c1-4-25-18(23)13-7-9-21(10-8-13)17(22)12(2)20-15-11-14(19)5-6-16(15)24-3/h5-6,11-13,20H,4,7-10H2,1-3H3. The molecule has 0 aromatic heterocycles. The van der Waals surface area contributed by atoms with E-state index in [4.69, 9.17) is 21.1 Å². The molecule has 25 heavy (non-hydrogen) atoms. The summed E-state index contributed by atoms with van der Waals surface area (Å²) in [4.78, 5) is 26.2. The molecule has 1 atom stereocenters. The van der Waals surface area contributed by atoms with Crippen LogP contribution in [0.15, 0.2) is 18.2 Å². The van der Waals surface area contributed by atoms with Crippen molar-refractivity contribution in [2.24, 2.45) is 5.92 Å². The molecule has 1 aromatic rings. The number of halogens is 1. The first-order valence-electron chi connectivity index (χ1n) is 8.51. The number of rotatable bonds is 6. The first kappa shape index (κ1) is 19.4.